The monoisotopic (exact) mass is 300 g/mol. The van der Waals surface area contributed by atoms with Crippen molar-refractivity contribution in [2.45, 2.75) is 26.6 Å². The molecule has 0 N–H and O–H groups in total. The van der Waals surface area contributed by atoms with E-state index in [-0.39, 0.29) is 0 Å². The number of rotatable bonds is 2. The van der Waals surface area contributed by atoms with Crippen LogP contribution in [0.15, 0.2) is 30.6 Å². The van der Waals surface area contributed by atoms with E-state index in [2.05, 4.69) is 47.2 Å². The van der Waals surface area contributed by atoms with Crippen LogP contribution in [-0.2, 0) is 6.54 Å². The van der Waals surface area contributed by atoms with Crippen molar-refractivity contribution in [1.82, 2.24) is 8.83 Å². The van der Waals surface area contributed by atoms with Crippen LogP contribution in [0.1, 0.15) is 18.1 Å². The second-order valence-electron chi connectivity index (χ2n) is 4.02. The highest BCUT2D eigenvalue weighted by Gasteiger charge is 2.20. The summed E-state index contributed by atoms with van der Waals surface area (Å²) in [6.45, 7) is 5.15. The Morgan fingerprint density at radius 3 is 2.69 bits per heavy atom. The Morgan fingerprint density at radius 2 is 2.12 bits per heavy atom. The maximum atomic E-state index is 5.94. The Bertz CT molecular complexity index is 419. The van der Waals surface area contributed by atoms with Crippen LogP contribution in [0.25, 0.3) is 0 Å². The van der Waals surface area contributed by atoms with Crippen molar-refractivity contribution in [2.75, 3.05) is 0 Å². The van der Waals surface area contributed by atoms with E-state index in [1.807, 2.05) is 22.3 Å². The van der Waals surface area contributed by atoms with E-state index in [1.165, 1.54) is 11.1 Å². The highest BCUT2D eigenvalue weighted by atomic mass is 79.9. The first-order chi connectivity index (χ1) is 7.58. The summed E-state index contributed by atoms with van der Waals surface area (Å²) in [6, 6.07) is 6.04. The van der Waals surface area contributed by atoms with Gasteiger partial charge in [0.15, 0.2) is 0 Å². The van der Waals surface area contributed by atoms with Crippen LogP contribution in [0.5, 0.6) is 0 Å². The lowest BCUT2D eigenvalue weighted by Crippen LogP contribution is -2.30. The zero-order valence-corrected chi connectivity index (χ0v) is 11.7. The molecule has 0 spiro atoms. The van der Waals surface area contributed by atoms with E-state index in [4.69, 9.17) is 11.6 Å². The second-order valence-corrected chi connectivity index (χ2v) is 5.27. The Kier molecular flexibility index (Phi) is 3.45. The molecule has 0 saturated carbocycles. The third kappa shape index (κ3) is 2.36. The predicted octanol–water partition coefficient (Wildman–Crippen LogP) is 3.89. The molecule has 0 fully saturated rings. The SMILES string of the molecule is Cc1cc(Cl)ccc1CN1C=CN(Br)C1C. The zero-order valence-electron chi connectivity index (χ0n) is 9.32. The zero-order chi connectivity index (χ0) is 11.7. The number of aryl methyl sites for hydroxylation is 1. The Labute approximate surface area is 110 Å². The van der Waals surface area contributed by atoms with Gasteiger partial charge in [0.2, 0.25) is 0 Å². The van der Waals surface area contributed by atoms with Gasteiger partial charge in [-0.1, -0.05) is 17.7 Å². The molecule has 0 radical (unpaired) electrons. The summed E-state index contributed by atoms with van der Waals surface area (Å²) in [6.07, 6.45) is 4.46. The van der Waals surface area contributed by atoms with Crippen molar-refractivity contribution in [1.29, 1.82) is 0 Å². The van der Waals surface area contributed by atoms with Gasteiger partial charge in [-0.05, 0) is 37.1 Å². The highest BCUT2D eigenvalue weighted by Crippen LogP contribution is 2.23. The van der Waals surface area contributed by atoms with Crippen molar-refractivity contribution < 1.29 is 0 Å². The van der Waals surface area contributed by atoms with Crippen molar-refractivity contribution in [3.63, 3.8) is 0 Å². The summed E-state index contributed by atoms with van der Waals surface area (Å²) in [7, 11) is 0. The van der Waals surface area contributed by atoms with E-state index in [0.717, 1.165) is 11.6 Å². The summed E-state index contributed by atoms with van der Waals surface area (Å²) in [4.78, 5) is 2.27. The molecule has 2 nitrogen and oxygen atoms in total. The molecule has 16 heavy (non-hydrogen) atoms. The van der Waals surface area contributed by atoms with E-state index < -0.39 is 0 Å². The van der Waals surface area contributed by atoms with Crippen LogP contribution < -0.4 is 0 Å². The molecular formula is C12H14BrClN2. The minimum Gasteiger partial charge on any atom is -0.351 e. The highest BCUT2D eigenvalue weighted by molar-refractivity contribution is 9.07. The molecule has 1 unspecified atom stereocenters. The molecule has 1 aliphatic heterocycles. The fraction of sp³-hybridized carbons (Fsp3) is 0.333. The van der Waals surface area contributed by atoms with Crippen LogP contribution >= 0.6 is 27.7 Å². The molecular weight excluding hydrogens is 288 g/mol. The van der Waals surface area contributed by atoms with Crippen molar-refractivity contribution in [2.24, 2.45) is 0 Å². The van der Waals surface area contributed by atoms with Gasteiger partial charge in [-0.3, -0.25) is 3.93 Å². The molecule has 0 saturated heterocycles. The number of halogens is 2. The van der Waals surface area contributed by atoms with Crippen LogP contribution in [-0.4, -0.2) is 15.0 Å². The number of benzene rings is 1. The topological polar surface area (TPSA) is 6.48 Å². The Balaban J connectivity index is 2.13. The molecule has 1 aromatic carbocycles. The summed E-state index contributed by atoms with van der Waals surface area (Å²) < 4.78 is 2.01. The lowest BCUT2D eigenvalue weighted by molar-refractivity contribution is 0.241. The van der Waals surface area contributed by atoms with Gasteiger partial charge in [0.1, 0.15) is 6.17 Å². The van der Waals surface area contributed by atoms with Crippen molar-refractivity contribution >= 4 is 27.7 Å². The molecule has 0 aliphatic carbocycles. The van der Waals surface area contributed by atoms with Crippen molar-refractivity contribution in [3.05, 3.63) is 46.7 Å². The minimum atomic E-state index is 0.343. The first-order valence-corrected chi connectivity index (χ1v) is 6.30. The molecule has 1 atom stereocenters. The molecule has 0 amide bonds. The smallest absolute Gasteiger partial charge is 0.109 e. The standard InChI is InChI=1S/C12H14BrClN2/c1-9-7-12(14)4-3-11(9)8-15-5-6-16(13)10(15)2/h3-7,10H,8H2,1-2H3. The third-order valence-corrected chi connectivity index (χ3v) is 3.96. The van der Waals surface area contributed by atoms with Gasteiger partial charge in [-0.15, -0.1) is 0 Å². The molecule has 2 rings (SSSR count). The van der Waals surface area contributed by atoms with Crippen LogP contribution in [0.4, 0.5) is 0 Å². The lowest BCUT2D eigenvalue weighted by Gasteiger charge is -2.26. The van der Waals surface area contributed by atoms with Gasteiger partial charge in [0, 0.05) is 24.0 Å². The Morgan fingerprint density at radius 1 is 1.38 bits per heavy atom. The van der Waals surface area contributed by atoms with E-state index in [9.17, 15) is 0 Å². The van der Waals surface area contributed by atoms with Gasteiger partial charge < -0.3 is 4.90 Å². The molecule has 0 bridgehead atoms. The largest absolute Gasteiger partial charge is 0.351 e. The van der Waals surface area contributed by atoms with Gasteiger partial charge >= 0.3 is 0 Å². The first-order valence-electron chi connectivity index (χ1n) is 5.21. The molecule has 1 aliphatic rings. The normalized spacial score (nSPS) is 19.6. The minimum absolute atomic E-state index is 0.343. The predicted molar refractivity (Wildman–Crippen MR) is 71.1 cm³/mol. The fourth-order valence-electron chi connectivity index (χ4n) is 1.76. The van der Waals surface area contributed by atoms with Gasteiger partial charge in [-0.25, -0.2) is 0 Å². The van der Waals surface area contributed by atoms with E-state index >= 15 is 0 Å². The summed E-state index contributed by atoms with van der Waals surface area (Å²) in [5, 5.41) is 0.799. The van der Waals surface area contributed by atoms with E-state index in [1.54, 1.807) is 0 Å². The summed E-state index contributed by atoms with van der Waals surface area (Å²) >= 11 is 9.41. The maximum absolute atomic E-state index is 5.94. The van der Waals surface area contributed by atoms with Crippen LogP contribution in [0, 0.1) is 6.92 Å². The number of hydrogen-bond acceptors (Lipinski definition) is 2. The van der Waals surface area contributed by atoms with Crippen molar-refractivity contribution in [3.8, 4) is 0 Å². The lowest BCUT2D eigenvalue weighted by atomic mass is 10.1. The van der Waals surface area contributed by atoms with Gasteiger partial charge in [0.05, 0.1) is 16.1 Å². The summed E-state index contributed by atoms with van der Waals surface area (Å²) in [5.74, 6) is 0. The summed E-state index contributed by atoms with van der Waals surface area (Å²) in [5.41, 5.74) is 2.55. The average Bonchev–Trinajstić information content (AvgIpc) is 2.54. The molecule has 4 heteroatoms. The average molecular weight is 302 g/mol. The first kappa shape index (κ1) is 11.8. The van der Waals surface area contributed by atoms with E-state index in [0.29, 0.717) is 6.17 Å². The maximum Gasteiger partial charge on any atom is 0.109 e. The molecule has 86 valence electrons. The third-order valence-electron chi connectivity index (χ3n) is 2.90. The molecule has 1 heterocycles. The van der Waals surface area contributed by atoms with Crippen LogP contribution in [0.3, 0.4) is 0 Å². The molecule has 0 aromatic heterocycles. The quantitative estimate of drug-likeness (QED) is 0.765. The van der Waals surface area contributed by atoms with Gasteiger partial charge in [0.25, 0.3) is 0 Å². The van der Waals surface area contributed by atoms with Crippen LogP contribution in [0.2, 0.25) is 5.02 Å². The number of nitrogens with zero attached hydrogens (tertiary/aromatic N) is 2. The fourth-order valence-corrected chi connectivity index (χ4v) is 2.33. The van der Waals surface area contributed by atoms with Gasteiger partial charge in [-0.2, -0.15) is 0 Å². The Hall–Kier alpha value is -0.670. The molecule has 1 aromatic rings. The number of hydrogen-bond donors (Lipinski definition) is 0. The second kappa shape index (κ2) is 4.68.